The van der Waals surface area contributed by atoms with Crippen LogP contribution in [-0.2, 0) is 0 Å². The Labute approximate surface area is 82.2 Å². The Morgan fingerprint density at radius 2 is 2.36 bits per heavy atom. The molecule has 0 spiro atoms. The zero-order chi connectivity index (χ0) is 10.2. The lowest BCUT2D eigenvalue weighted by molar-refractivity contribution is -0.766. The average molecular weight is 198 g/mol. The second-order valence-electron chi connectivity index (χ2n) is 4.38. The van der Waals surface area contributed by atoms with Gasteiger partial charge in [0.05, 0.1) is 12.1 Å². The van der Waals surface area contributed by atoms with E-state index in [1.165, 1.54) is 12.6 Å². The molecule has 1 fully saturated rings. The maximum absolute atomic E-state index is 10.9. The second-order valence-corrected chi connectivity index (χ2v) is 4.38. The number of piperidine rings is 1. The molecule has 0 amide bonds. The van der Waals surface area contributed by atoms with Crippen LogP contribution in [-0.4, -0.2) is 17.4 Å². The lowest BCUT2D eigenvalue weighted by Crippen LogP contribution is -2.69. The number of aromatic nitrogens is 2. The molecule has 1 aliphatic heterocycles. The molecular weight excluding hydrogens is 182 g/mol. The number of aromatic amines is 1. The molecule has 5 heteroatoms. The van der Waals surface area contributed by atoms with Gasteiger partial charge in [-0.05, 0) is 33.1 Å². The molecule has 0 atom stereocenters. The van der Waals surface area contributed by atoms with Gasteiger partial charge in [0.1, 0.15) is 0 Å². The summed E-state index contributed by atoms with van der Waals surface area (Å²) < 4.78 is 4.65. The Bertz CT molecular complexity index is 366. The quantitative estimate of drug-likeness (QED) is 0.654. The predicted octanol–water partition coefficient (Wildman–Crippen LogP) is 0.156. The van der Waals surface area contributed by atoms with Crippen LogP contribution >= 0.6 is 0 Å². The molecule has 0 saturated carbocycles. The first-order valence-electron chi connectivity index (χ1n) is 4.98. The fraction of sp³-hybridized carbons (Fsp3) is 0.778. The van der Waals surface area contributed by atoms with Gasteiger partial charge in [-0.15, -0.1) is 0 Å². The number of nitrogens with zero attached hydrogens (tertiary/aromatic N) is 2. The molecule has 0 aliphatic carbocycles. The smallest absolute Gasteiger partial charge is 0.281 e. The van der Waals surface area contributed by atoms with E-state index < -0.39 is 0 Å². The van der Waals surface area contributed by atoms with E-state index in [1.54, 1.807) is 4.79 Å². The van der Waals surface area contributed by atoms with Gasteiger partial charge in [0, 0.05) is 10.1 Å². The zero-order valence-corrected chi connectivity index (χ0v) is 8.62. The summed E-state index contributed by atoms with van der Waals surface area (Å²) >= 11 is 0. The van der Waals surface area contributed by atoms with Crippen molar-refractivity contribution >= 4 is 0 Å². The van der Waals surface area contributed by atoms with Crippen LogP contribution < -0.4 is 15.4 Å². The van der Waals surface area contributed by atoms with Gasteiger partial charge in [-0.1, -0.05) is 0 Å². The third kappa shape index (κ3) is 1.54. The van der Waals surface area contributed by atoms with Crippen molar-refractivity contribution in [1.29, 1.82) is 0 Å². The molecule has 2 rings (SSSR count). The lowest BCUT2D eigenvalue weighted by atomic mass is 9.92. The molecule has 78 valence electrons. The number of H-pyrrole nitrogens is 1. The highest BCUT2D eigenvalue weighted by molar-refractivity contribution is 4.95. The fourth-order valence-electron chi connectivity index (χ4n) is 2.01. The van der Waals surface area contributed by atoms with Gasteiger partial charge in [-0.25, -0.2) is 4.79 Å². The van der Waals surface area contributed by atoms with Crippen molar-refractivity contribution in [1.82, 2.24) is 5.27 Å². The van der Waals surface area contributed by atoms with Crippen LogP contribution in [0.25, 0.3) is 0 Å². The summed E-state index contributed by atoms with van der Waals surface area (Å²) in [5.41, 5.74) is -0.262. The molecule has 1 aromatic heterocycles. The van der Waals surface area contributed by atoms with Crippen LogP contribution in [0.2, 0.25) is 0 Å². The van der Waals surface area contributed by atoms with Crippen LogP contribution in [0.3, 0.4) is 0 Å². The van der Waals surface area contributed by atoms with Crippen LogP contribution in [0.1, 0.15) is 33.1 Å². The highest BCUT2D eigenvalue weighted by Gasteiger charge is 2.36. The van der Waals surface area contributed by atoms with Crippen molar-refractivity contribution < 1.29 is 9.31 Å². The van der Waals surface area contributed by atoms with E-state index in [-0.39, 0.29) is 11.2 Å². The zero-order valence-electron chi connectivity index (χ0n) is 8.62. The highest BCUT2D eigenvalue weighted by atomic mass is 16.5. The molecule has 1 aliphatic rings. The van der Waals surface area contributed by atoms with Gasteiger partial charge in [0.15, 0.2) is 0 Å². The molecule has 1 N–H and O–H groups in total. The molecule has 14 heavy (non-hydrogen) atoms. The van der Waals surface area contributed by atoms with Crippen molar-refractivity contribution in [3.63, 3.8) is 0 Å². The van der Waals surface area contributed by atoms with Gasteiger partial charge < -0.3 is 0 Å². The average Bonchev–Trinajstić information content (AvgIpc) is 2.51. The SMILES string of the molecule is CC1(C)CCCCN1[n+]1cc(=O)o[nH]1. The Balaban J connectivity index is 2.28. The van der Waals surface area contributed by atoms with Crippen molar-refractivity contribution in [2.75, 3.05) is 11.6 Å². The van der Waals surface area contributed by atoms with Gasteiger partial charge in [-0.3, -0.25) is 4.52 Å². The monoisotopic (exact) mass is 198 g/mol. The van der Waals surface area contributed by atoms with Crippen molar-refractivity contribution in [2.24, 2.45) is 0 Å². The van der Waals surface area contributed by atoms with E-state index in [4.69, 9.17) is 0 Å². The molecule has 2 heterocycles. The van der Waals surface area contributed by atoms with E-state index in [1.807, 2.05) is 0 Å². The maximum atomic E-state index is 10.9. The number of hydrogen-bond acceptors (Lipinski definition) is 3. The number of nitrogens with one attached hydrogen (secondary N) is 1. The molecule has 0 unspecified atom stereocenters. The number of rotatable bonds is 1. The Morgan fingerprint density at radius 1 is 1.57 bits per heavy atom. The maximum Gasteiger partial charge on any atom is 0.430 e. The first kappa shape index (κ1) is 9.30. The topological polar surface area (TPSA) is 53.1 Å². The Morgan fingerprint density at radius 3 is 2.93 bits per heavy atom. The Hall–Kier alpha value is -1.26. The summed E-state index contributed by atoms with van der Waals surface area (Å²) in [7, 11) is 0. The molecule has 1 aromatic rings. The van der Waals surface area contributed by atoms with Crippen molar-refractivity contribution in [3.8, 4) is 0 Å². The van der Waals surface area contributed by atoms with E-state index >= 15 is 0 Å². The minimum atomic E-state index is -0.341. The van der Waals surface area contributed by atoms with Crippen LogP contribution in [0.15, 0.2) is 15.5 Å². The third-order valence-corrected chi connectivity index (χ3v) is 2.83. The first-order valence-corrected chi connectivity index (χ1v) is 4.98. The standard InChI is InChI=1S/C9H15N3O2/c1-9(2)5-3-4-6-11(9)12-7-8(13)14-10-12/h7H,3-6H2,1-2H3/p+1. The second kappa shape index (κ2) is 3.15. The third-order valence-electron chi connectivity index (χ3n) is 2.83. The van der Waals surface area contributed by atoms with E-state index in [0.29, 0.717) is 0 Å². The lowest BCUT2D eigenvalue weighted by Gasteiger charge is -2.35. The molecule has 0 radical (unpaired) electrons. The van der Waals surface area contributed by atoms with Gasteiger partial charge >= 0.3 is 11.8 Å². The summed E-state index contributed by atoms with van der Waals surface area (Å²) in [4.78, 5) is 12.6. The minimum absolute atomic E-state index is 0.0791. The summed E-state index contributed by atoms with van der Waals surface area (Å²) in [5, 5.41) is 4.71. The summed E-state index contributed by atoms with van der Waals surface area (Å²) in [6, 6.07) is 0. The summed E-state index contributed by atoms with van der Waals surface area (Å²) in [5.74, 6) is 0. The molecule has 0 bridgehead atoms. The van der Waals surface area contributed by atoms with E-state index in [9.17, 15) is 4.79 Å². The first-order chi connectivity index (χ1) is 6.59. The molecule has 0 aromatic carbocycles. The van der Waals surface area contributed by atoms with Gasteiger partial charge in [0.25, 0.3) is 0 Å². The fourth-order valence-corrected chi connectivity index (χ4v) is 2.01. The van der Waals surface area contributed by atoms with E-state index in [2.05, 4.69) is 28.7 Å². The van der Waals surface area contributed by atoms with Crippen LogP contribution in [0, 0.1) is 0 Å². The summed E-state index contributed by atoms with van der Waals surface area (Å²) in [6.07, 6.45) is 4.97. The van der Waals surface area contributed by atoms with Crippen molar-refractivity contribution in [2.45, 2.75) is 38.6 Å². The molecule has 1 saturated heterocycles. The van der Waals surface area contributed by atoms with Gasteiger partial charge in [0.2, 0.25) is 0 Å². The van der Waals surface area contributed by atoms with Crippen LogP contribution in [0.4, 0.5) is 0 Å². The molecule has 5 nitrogen and oxygen atoms in total. The molecular formula is C9H16N3O2+. The van der Waals surface area contributed by atoms with Gasteiger partial charge in [-0.2, -0.15) is 5.01 Å². The number of hydrogen-bond donors (Lipinski definition) is 1. The largest absolute Gasteiger partial charge is 0.430 e. The minimum Gasteiger partial charge on any atom is -0.281 e. The highest BCUT2D eigenvalue weighted by Crippen LogP contribution is 2.22. The summed E-state index contributed by atoms with van der Waals surface area (Å²) in [6.45, 7) is 5.29. The predicted molar refractivity (Wildman–Crippen MR) is 50.5 cm³/mol. The normalized spacial score (nSPS) is 21.1. The Kier molecular flexibility index (Phi) is 2.09. The van der Waals surface area contributed by atoms with Crippen molar-refractivity contribution in [3.05, 3.63) is 16.6 Å². The van der Waals surface area contributed by atoms with E-state index in [0.717, 1.165) is 19.4 Å². The van der Waals surface area contributed by atoms with Crippen LogP contribution in [0.5, 0.6) is 0 Å².